The Labute approximate surface area is 115 Å². The molecule has 19 heavy (non-hydrogen) atoms. The Balaban J connectivity index is 1.69. The minimum atomic E-state index is -0.470. The van der Waals surface area contributed by atoms with Crippen LogP contribution >= 0.6 is 11.6 Å². The highest BCUT2D eigenvalue weighted by Gasteiger charge is 2.24. The van der Waals surface area contributed by atoms with Gasteiger partial charge in [-0.2, -0.15) is 0 Å². The summed E-state index contributed by atoms with van der Waals surface area (Å²) in [5, 5.41) is 0.0990. The topological polar surface area (TPSA) is 18.5 Å². The van der Waals surface area contributed by atoms with E-state index in [1.54, 1.807) is 6.07 Å². The molecule has 0 aromatic heterocycles. The van der Waals surface area contributed by atoms with E-state index < -0.39 is 5.82 Å². The molecule has 1 heterocycles. The van der Waals surface area contributed by atoms with Crippen LogP contribution in [0.4, 0.5) is 4.39 Å². The molecule has 1 atom stereocenters. The van der Waals surface area contributed by atoms with Crippen molar-refractivity contribution in [3.63, 3.8) is 0 Å². The Morgan fingerprint density at radius 1 is 1.26 bits per heavy atom. The van der Waals surface area contributed by atoms with Gasteiger partial charge < -0.3 is 9.47 Å². The second kappa shape index (κ2) is 5.10. The molecule has 2 aromatic rings. The van der Waals surface area contributed by atoms with Crippen LogP contribution in [0.1, 0.15) is 11.5 Å². The van der Waals surface area contributed by atoms with Crippen LogP contribution in [0.2, 0.25) is 5.02 Å². The first-order valence-electron chi connectivity index (χ1n) is 6.03. The molecule has 4 heteroatoms. The van der Waals surface area contributed by atoms with E-state index in [0.717, 1.165) is 11.3 Å². The Kier molecular flexibility index (Phi) is 3.30. The lowest BCUT2D eigenvalue weighted by molar-refractivity contribution is 0.247. The second-order valence-corrected chi connectivity index (χ2v) is 4.84. The Hall–Kier alpha value is -1.74. The molecule has 98 valence electrons. The van der Waals surface area contributed by atoms with Gasteiger partial charge in [0.1, 0.15) is 17.3 Å². The van der Waals surface area contributed by atoms with Gasteiger partial charge in [-0.05, 0) is 18.2 Å². The number of ether oxygens (including phenoxy) is 2. The molecule has 0 aliphatic carbocycles. The Morgan fingerprint density at radius 2 is 2.11 bits per heavy atom. The summed E-state index contributed by atoms with van der Waals surface area (Å²) in [6.07, 6.45) is 0. The third kappa shape index (κ3) is 2.51. The molecular weight excluding hydrogens is 267 g/mol. The first-order valence-corrected chi connectivity index (χ1v) is 6.41. The molecule has 2 aromatic carbocycles. The summed E-state index contributed by atoms with van der Waals surface area (Å²) in [4.78, 5) is 0. The van der Waals surface area contributed by atoms with E-state index in [0.29, 0.717) is 19.0 Å². The number of fused-ring (bicyclic) bond motifs is 1. The van der Waals surface area contributed by atoms with Crippen molar-refractivity contribution in [3.8, 4) is 11.5 Å². The minimum absolute atomic E-state index is 0.0990. The Bertz CT molecular complexity index is 600. The average Bonchev–Trinajstić information content (AvgIpc) is 2.83. The van der Waals surface area contributed by atoms with Crippen molar-refractivity contribution in [2.45, 2.75) is 5.92 Å². The van der Waals surface area contributed by atoms with E-state index >= 15 is 0 Å². The van der Waals surface area contributed by atoms with E-state index in [-0.39, 0.29) is 10.9 Å². The van der Waals surface area contributed by atoms with E-state index in [9.17, 15) is 4.39 Å². The number of para-hydroxylation sites is 1. The van der Waals surface area contributed by atoms with Gasteiger partial charge in [0.05, 0.1) is 24.2 Å². The standard InChI is InChI=1S/C15H12ClFO2/c16-13-6-5-11(7-14(13)17)18-8-10-9-19-15-4-2-1-3-12(10)15/h1-7,10H,8-9H2. The van der Waals surface area contributed by atoms with Crippen LogP contribution in [0.3, 0.4) is 0 Å². The Morgan fingerprint density at radius 3 is 2.95 bits per heavy atom. The molecule has 0 fully saturated rings. The van der Waals surface area contributed by atoms with Crippen molar-refractivity contribution < 1.29 is 13.9 Å². The van der Waals surface area contributed by atoms with Crippen LogP contribution in [0.15, 0.2) is 42.5 Å². The maximum Gasteiger partial charge on any atom is 0.145 e. The van der Waals surface area contributed by atoms with Gasteiger partial charge in [0, 0.05) is 11.6 Å². The van der Waals surface area contributed by atoms with Crippen molar-refractivity contribution in [1.82, 2.24) is 0 Å². The number of hydrogen-bond donors (Lipinski definition) is 0. The molecule has 0 saturated heterocycles. The molecule has 0 bridgehead atoms. The maximum absolute atomic E-state index is 13.3. The lowest BCUT2D eigenvalue weighted by atomic mass is 10.0. The molecule has 0 radical (unpaired) electrons. The number of halogens is 2. The van der Waals surface area contributed by atoms with Crippen LogP contribution in [0, 0.1) is 5.82 Å². The molecule has 3 rings (SSSR count). The monoisotopic (exact) mass is 278 g/mol. The lowest BCUT2D eigenvalue weighted by Gasteiger charge is -2.11. The summed E-state index contributed by atoms with van der Waals surface area (Å²) in [6, 6.07) is 12.3. The maximum atomic E-state index is 13.3. The predicted molar refractivity (Wildman–Crippen MR) is 71.6 cm³/mol. The summed E-state index contributed by atoms with van der Waals surface area (Å²) < 4.78 is 24.5. The highest BCUT2D eigenvalue weighted by molar-refractivity contribution is 6.30. The quantitative estimate of drug-likeness (QED) is 0.844. The van der Waals surface area contributed by atoms with E-state index in [1.165, 1.54) is 12.1 Å². The zero-order chi connectivity index (χ0) is 13.2. The number of rotatable bonds is 3. The molecule has 1 unspecified atom stereocenters. The van der Waals surface area contributed by atoms with Crippen molar-refractivity contribution in [2.75, 3.05) is 13.2 Å². The highest BCUT2D eigenvalue weighted by atomic mass is 35.5. The number of benzene rings is 2. The van der Waals surface area contributed by atoms with Gasteiger partial charge in [-0.1, -0.05) is 29.8 Å². The van der Waals surface area contributed by atoms with Gasteiger partial charge >= 0.3 is 0 Å². The summed E-state index contributed by atoms with van der Waals surface area (Å²) >= 11 is 5.62. The smallest absolute Gasteiger partial charge is 0.145 e. The van der Waals surface area contributed by atoms with E-state index in [4.69, 9.17) is 21.1 Å². The minimum Gasteiger partial charge on any atom is -0.493 e. The SMILES string of the molecule is Fc1cc(OCC2COc3ccccc32)ccc1Cl. The molecule has 1 aliphatic heterocycles. The van der Waals surface area contributed by atoms with Crippen molar-refractivity contribution in [2.24, 2.45) is 0 Å². The zero-order valence-electron chi connectivity index (χ0n) is 10.1. The van der Waals surface area contributed by atoms with E-state index in [2.05, 4.69) is 0 Å². The van der Waals surface area contributed by atoms with E-state index in [1.807, 2.05) is 24.3 Å². The van der Waals surface area contributed by atoms with Crippen LogP contribution < -0.4 is 9.47 Å². The summed E-state index contributed by atoms with van der Waals surface area (Å²) in [5.41, 5.74) is 1.14. The summed E-state index contributed by atoms with van der Waals surface area (Å²) in [5.74, 6) is 1.09. The van der Waals surface area contributed by atoms with Gasteiger partial charge in [-0.25, -0.2) is 4.39 Å². The lowest BCUT2D eigenvalue weighted by Crippen LogP contribution is -2.11. The normalized spacial score (nSPS) is 16.8. The van der Waals surface area contributed by atoms with Crippen LogP contribution in [-0.4, -0.2) is 13.2 Å². The first kappa shape index (κ1) is 12.3. The van der Waals surface area contributed by atoms with Crippen molar-refractivity contribution in [3.05, 3.63) is 58.9 Å². The average molecular weight is 279 g/mol. The predicted octanol–water partition coefficient (Wildman–Crippen LogP) is 4.03. The van der Waals surface area contributed by atoms with Gasteiger partial charge in [0.25, 0.3) is 0 Å². The highest BCUT2D eigenvalue weighted by Crippen LogP contribution is 2.33. The van der Waals surface area contributed by atoms with Crippen molar-refractivity contribution >= 4 is 11.6 Å². The number of hydrogen-bond acceptors (Lipinski definition) is 2. The third-order valence-electron chi connectivity index (χ3n) is 3.14. The second-order valence-electron chi connectivity index (χ2n) is 4.43. The van der Waals surface area contributed by atoms with Crippen molar-refractivity contribution in [1.29, 1.82) is 0 Å². The molecule has 0 saturated carbocycles. The van der Waals surface area contributed by atoms with Crippen LogP contribution in [0.5, 0.6) is 11.5 Å². The molecule has 2 nitrogen and oxygen atoms in total. The van der Waals surface area contributed by atoms with Gasteiger partial charge in [-0.15, -0.1) is 0 Å². The molecule has 0 N–H and O–H groups in total. The fraction of sp³-hybridized carbons (Fsp3) is 0.200. The van der Waals surface area contributed by atoms with Gasteiger partial charge in [0.2, 0.25) is 0 Å². The van der Waals surface area contributed by atoms with Crippen LogP contribution in [-0.2, 0) is 0 Å². The fourth-order valence-electron chi connectivity index (χ4n) is 2.13. The van der Waals surface area contributed by atoms with Gasteiger partial charge in [0.15, 0.2) is 0 Å². The zero-order valence-corrected chi connectivity index (χ0v) is 10.9. The largest absolute Gasteiger partial charge is 0.493 e. The molecule has 0 spiro atoms. The fourth-order valence-corrected chi connectivity index (χ4v) is 2.25. The van der Waals surface area contributed by atoms with Crippen LogP contribution in [0.25, 0.3) is 0 Å². The molecular formula is C15H12ClFO2. The third-order valence-corrected chi connectivity index (χ3v) is 3.45. The molecule has 1 aliphatic rings. The van der Waals surface area contributed by atoms with Gasteiger partial charge in [-0.3, -0.25) is 0 Å². The molecule has 0 amide bonds. The summed E-state index contributed by atoms with van der Waals surface area (Å²) in [6.45, 7) is 1.05. The summed E-state index contributed by atoms with van der Waals surface area (Å²) in [7, 11) is 0. The first-order chi connectivity index (χ1) is 9.24.